The van der Waals surface area contributed by atoms with Crippen molar-refractivity contribution in [2.24, 2.45) is 10.1 Å². The van der Waals surface area contributed by atoms with Gasteiger partial charge < -0.3 is 19.7 Å². The third-order valence-corrected chi connectivity index (χ3v) is 8.13. The Balaban J connectivity index is 1.90. The molecular formula is C32H38N6O6S. The van der Waals surface area contributed by atoms with Gasteiger partial charge in [-0.15, -0.1) is 0 Å². The van der Waals surface area contributed by atoms with E-state index in [2.05, 4.69) is 14.5 Å². The maximum atomic E-state index is 13.5. The van der Waals surface area contributed by atoms with Crippen LogP contribution in [0.3, 0.4) is 0 Å². The fraction of sp³-hybridized carbons (Fsp3) is 0.344. The predicted molar refractivity (Wildman–Crippen MR) is 172 cm³/mol. The lowest BCUT2D eigenvalue weighted by atomic mass is 10.1. The van der Waals surface area contributed by atoms with E-state index in [9.17, 15) is 13.8 Å². The molecule has 1 atom stereocenters. The SMILES string of the molecule is CN=S(C)(=O)c1ccc(-c2cnc(N(C(=O)OC(C)(C)C)C(=O)OC(C)(C)C)c(-c3cc(-c4ccc(CN)cc4)no3)n2)cc1. The fourth-order valence-corrected chi connectivity index (χ4v) is 4.88. The van der Waals surface area contributed by atoms with Crippen molar-refractivity contribution in [1.82, 2.24) is 15.1 Å². The van der Waals surface area contributed by atoms with Crippen LogP contribution in [0.15, 0.2) is 74.6 Å². The van der Waals surface area contributed by atoms with Crippen molar-refractivity contribution in [2.75, 3.05) is 18.2 Å². The standard InChI is InChI=1S/C32H38N6O6S/c1-31(2,3)42-29(39)38(30(40)43-32(4,5)6)28-27(26-17-24(37-44-26)21-11-9-20(18-33)10-12-21)36-25(19-35-28)22-13-15-23(16-14-22)45(8,41)34-7/h9-17,19H,18,33H2,1-8H3. The zero-order chi connectivity index (χ0) is 33.2. The van der Waals surface area contributed by atoms with Crippen LogP contribution in [0.1, 0.15) is 47.1 Å². The first-order valence-electron chi connectivity index (χ1n) is 14.1. The van der Waals surface area contributed by atoms with E-state index in [-0.39, 0.29) is 17.3 Å². The highest BCUT2D eigenvalue weighted by Gasteiger charge is 2.36. The molecule has 2 amide bonds. The van der Waals surface area contributed by atoms with E-state index >= 15 is 0 Å². The van der Waals surface area contributed by atoms with E-state index in [0.29, 0.717) is 33.3 Å². The van der Waals surface area contributed by atoms with Gasteiger partial charge in [0.15, 0.2) is 17.3 Å². The zero-order valence-electron chi connectivity index (χ0n) is 26.7. The molecule has 4 rings (SSSR count). The predicted octanol–water partition coefficient (Wildman–Crippen LogP) is 6.69. The number of ether oxygens (including phenoxy) is 2. The number of imide groups is 1. The Labute approximate surface area is 263 Å². The number of benzene rings is 2. The molecule has 0 bridgehead atoms. The Bertz CT molecular complexity index is 1780. The summed E-state index contributed by atoms with van der Waals surface area (Å²) < 4.78 is 33.6. The van der Waals surface area contributed by atoms with Gasteiger partial charge in [-0.2, -0.15) is 4.90 Å². The number of hydrogen-bond acceptors (Lipinski definition) is 11. The highest BCUT2D eigenvalue weighted by molar-refractivity contribution is 7.93. The number of anilines is 1. The largest absolute Gasteiger partial charge is 0.443 e. The molecule has 2 heterocycles. The van der Waals surface area contributed by atoms with E-state index in [1.54, 1.807) is 78.1 Å². The first-order valence-corrected chi connectivity index (χ1v) is 16.0. The zero-order valence-corrected chi connectivity index (χ0v) is 27.5. The van der Waals surface area contributed by atoms with Gasteiger partial charge in [-0.3, -0.25) is 0 Å². The summed E-state index contributed by atoms with van der Waals surface area (Å²) in [6, 6.07) is 16.0. The van der Waals surface area contributed by atoms with Gasteiger partial charge in [0.2, 0.25) is 0 Å². The molecule has 1 unspecified atom stereocenters. The topological polar surface area (TPSA) is 163 Å². The lowest BCUT2D eigenvalue weighted by Crippen LogP contribution is -2.44. The molecule has 238 valence electrons. The summed E-state index contributed by atoms with van der Waals surface area (Å²) >= 11 is 0. The summed E-state index contributed by atoms with van der Waals surface area (Å²) in [5, 5.41) is 4.21. The Morgan fingerprint density at radius 3 is 1.96 bits per heavy atom. The number of aromatic nitrogens is 3. The Hall–Kier alpha value is -4.62. The molecule has 2 N–H and O–H groups in total. The van der Waals surface area contributed by atoms with Gasteiger partial charge in [-0.05, 0) is 59.2 Å². The molecule has 0 aliphatic rings. The van der Waals surface area contributed by atoms with E-state index in [1.807, 2.05) is 24.3 Å². The molecule has 0 radical (unpaired) electrons. The monoisotopic (exact) mass is 634 g/mol. The maximum Gasteiger partial charge on any atom is 0.425 e. The average molecular weight is 635 g/mol. The summed E-state index contributed by atoms with van der Waals surface area (Å²) in [5.74, 6) is -0.0474. The minimum Gasteiger partial charge on any atom is -0.443 e. The van der Waals surface area contributed by atoms with Crippen molar-refractivity contribution in [1.29, 1.82) is 0 Å². The molecule has 2 aromatic heterocycles. The number of rotatable bonds is 6. The van der Waals surface area contributed by atoms with E-state index < -0.39 is 33.1 Å². The summed E-state index contributed by atoms with van der Waals surface area (Å²) in [6.07, 6.45) is 0.943. The minimum atomic E-state index is -2.54. The van der Waals surface area contributed by atoms with Crippen molar-refractivity contribution < 1.29 is 27.8 Å². The number of carbonyl (C=O) groups excluding carboxylic acids is 2. The fourth-order valence-electron chi connectivity index (χ4n) is 4.03. The maximum absolute atomic E-state index is 13.5. The van der Waals surface area contributed by atoms with Crippen LogP contribution in [0.4, 0.5) is 15.4 Å². The molecule has 0 aliphatic heterocycles. The first kappa shape index (κ1) is 33.3. The highest BCUT2D eigenvalue weighted by atomic mass is 32.2. The molecule has 2 aromatic carbocycles. The molecule has 45 heavy (non-hydrogen) atoms. The molecular weight excluding hydrogens is 596 g/mol. The lowest BCUT2D eigenvalue weighted by molar-refractivity contribution is 0.0429. The van der Waals surface area contributed by atoms with Gasteiger partial charge in [0.25, 0.3) is 0 Å². The van der Waals surface area contributed by atoms with Crippen molar-refractivity contribution in [3.63, 3.8) is 0 Å². The molecule has 0 fully saturated rings. The first-order chi connectivity index (χ1) is 21.0. The average Bonchev–Trinajstić information content (AvgIpc) is 3.46. The van der Waals surface area contributed by atoms with Crippen LogP contribution in [-0.2, 0) is 25.7 Å². The third kappa shape index (κ3) is 8.11. The number of hydrogen-bond donors (Lipinski definition) is 1. The number of nitrogens with zero attached hydrogens (tertiary/aromatic N) is 5. The lowest BCUT2D eigenvalue weighted by Gasteiger charge is -2.28. The van der Waals surface area contributed by atoms with Gasteiger partial charge in [-0.25, -0.2) is 28.1 Å². The van der Waals surface area contributed by atoms with Crippen LogP contribution in [-0.4, -0.2) is 56.0 Å². The summed E-state index contributed by atoms with van der Waals surface area (Å²) in [5.41, 5.74) is 7.10. The summed E-state index contributed by atoms with van der Waals surface area (Å²) in [4.78, 5) is 37.6. The van der Waals surface area contributed by atoms with E-state index in [4.69, 9.17) is 24.7 Å². The number of carbonyl (C=O) groups is 2. The van der Waals surface area contributed by atoms with Crippen molar-refractivity contribution in [3.8, 4) is 34.0 Å². The third-order valence-electron chi connectivity index (χ3n) is 6.28. The summed E-state index contributed by atoms with van der Waals surface area (Å²) in [6.45, 7) is 10.5. The normalized spacial score (nSPS) is 13.1. The number of amides is 2. The van der Waals surface area contributed by atoms with Gasteiger partial charge in [-0.1, -0.05) is 41.6 Å². The highest BCUT2D eigenvalue weighted by Crippen LogP contribution is 2.34. The number of nitrogens with two attached hydrogens (primary N) is 1. The summed E-state index contributed by atoms with van der Waals surface area (Å²) in [7, 11) is -1.04. The van der Waals surface area contributed by atoms with Gasteiger partial charge in [0.1, 0.15) is 16.9 Å². The Kier molecular flexibility index (Phi) is 9.45. The smallest absolute Gasteiger partial charge is 0.425 e. The molecule has 0 saturated heterocycles. The molecule has 0 spiro atoms. The van der Waals surface area contributed by atoms with Crippen molar-refractivity contribution >= 4 is 27.7 Å². The Morgan fingerprint density at radius 1 is 0.911 bits per heavy atom. The van der Waals surface area contributed by atoms with Crippen LogP contribution in [0, 0.1) is 0 Å². The van der Waals surface area contributed by atoms with E-state index in [0.717, 1.165) is 11.1 Å². The molecule has 13 heteroatoms. The Morgan fingerprint density at radius 2 is 1.44 bits per heavy atom. The van der Waals surface area contributed by atoms with Crippen LogP contribution >= 0.6 is 0 Å². The second kappa shape index (κ2) is 12.8. The van der Waals surface area contributed by atoms with Crippen molar-refractivity contribution in [3.05, 3.63) is 66.4 Å². The second-order valence-electron chi connectivity index (χ2n) is 12.2. The van der Waals surface area contributed by atoms with Gasteiger partial charge in [0.05, 0.1) is 21.6 Å². The van der Waals surface area contributed by atoms with Gasteiger partial charge in [0, 0.05) is 41.9 Å². The quantitative estimate of drug-likeness (QED) is 0.242. The van der Waals surface area contributed by atoms with Crippen LogP contribution < -0.4 is 10.6 Å². The van der Waals surface area contributed by atoms with E-state index in [1.165, 1.54) is 13.2 Å². The second-order valence-corrected chi connectivity index (χ2v) is 14.7. The minimum absolute atomic E-state index is 0.0356. The van der Waals surface area contributed by atoms with Crippen molar-refractivity contribution in [2.45, 2.75) is 64.2 Å². The van der Waals surface area contributed by atoms with Crippen LogP contribution in [0.5, 0.6) is 0 Å². The van der Waals surface area contributed by atoms with Crippen LogP contribution in [0.25, 0.3) is 34.0 Å². The molecule has 12 nitrogen and oxygen atoms in total. The molecule has 0 saturated carbocycles. The molecule has 0 aliphatic carbocycles. The molecule has 4 aromatic rings. The van der Waals surface area contributed by atoms with Gasteiger partial charge >= 0.3 is 12.2 Å². The van der Waals surface area contributed by atoms with Crippen LogP contribution in [0.2, 0.25) is 0 Å².